The lowest BCUT2D eigenvalue weighted by atomic mass is 9.97. The van der Waals surface area contributed by atoms with Crippen LogP contribution in [0, 0.1) is 0 Å². The van der Waals surface area contributed by atoms with Crippen molar-refractivity contribution in [2.75, 3.05) is 13.6 Å². The molecular formula is C16H28N2. The molecule has 1 unspecified atom stereocenters. The first-order valence-electron chi connectivity index (χ1n) is 6.97. The van der Waals surface area contributed by atoms with Crippen LogP contribution < -0.4 is 10.6 Å². The van der Waals surface area contributed by atoms with Gasteiger partial charge in [0, 0.05) is 18.6 Å². The summed E-state index contributed by atoms with van der Waals surface area (Å²) in [4.78, 5) is 0. The predicted octanol–water partition coefficient (Wildman–Crippen LogP) is 3.29. The average Bonchev–Trinajstić information content (AvgIpc) is 2.36. The summed E-state index contributed by atoms with van der Waals surface area (Å²) in [6.07, 6.45) is 1.20. The lowest BCUT2D eigenvalue weighted by Crippen LogP contribution is -2.46. The van der Waals surface area contributed by atoms with Crippen LogP contribution in [-0.4, -0.2) is 19.1 Å². The number of rotatable bonds is 7. The molecule has 1 rings (SSSR count). The molecule has 2 N–H and O–H groups in total. The van der Waals surface area contributed by atoms with Crippen LogP contribution in [0.1, 0.15) is 51.2 Å². The zero-order chi connectivity index (χ0) is 13.6. The fourth-order valence-corrected chi connectivity index (χ4v) is 2.05. The van der Waals surface area contributed by atoms with Crippen LogP contribution in [0.25, 0.3) is 0 Å². The third-order valence-corrected chi connectivity index (χ3v) is 3.55. The summed E-state index contributed by atoms with van der Waals surface area (Å²) in [5.41, 5.74) is 2.92. The second-order valence-corrected chi connectivity index (χ2v) is 5.82. The smallest absolute Gasteiger partial charge is 0.0252 e. The highest BCUT2D eigenvalue weighted by molar-refractivity contribution is 5.25. The molecule has 0 aliphatic carbocycles. The molecule has 0 aliphatic rings. The van der Waals surface area contributed by atoms with E-state index in [9.17, 15) is 0 Å². The zero-order valence-electron chi connectivity index (χ0n) is 12.5. The summed E-state index contributed by atoms with van der Waals surface area (Å²) < 4.78 is 0. The van der Waals surface area contributed by atoms with E-state index in [0.717, 1.165) is 13.1 Å². The molecule has 0 spiro atoms. The molecule has 1 aromatic rings. The number of benzene rings is 1. The van der Waals surface area contributed by atoms with Gasteiger partial charge in [-0.3, -0.25) is 0 Å². The molecule has 0 aliphatic heterocycles. The third-order valence-electron chi connectivity index (χ3n) is 3.55. The van der Waals surface area contributed by atoms with Crippen molar-refractivity contribution in [1.29, 1.82) is 0 Å². The zero-order valence-corrected chi connectivity index (χ0v) is 12.5. The summed E-state index contributed by atoms with van der Waals surface area (Å²) in [6.45, 7) is 10.9. The predicted molar refractivity (Wildman–Crippen MR) is 80.0 cm³/mol. The summed E-state index contributed by atoms with van der Waals surface area (Å²) in [7, 11) is 1.99. The lowest BCUT2D eigenvalue weighted by Gasteiger charge is -2.26. The van der Waals surface area contributed by atoms with Crippen LogP contribution in [0.5, 0.6) is 0 Å². The quantitative estimate of drug-likeness (QED) is 0.774. The Morgan fingerprint density at radius 3 is 2.28 bits per heavy atom. The summed E-state index contributed by atoms with van der Waals surface area (Å²) in [5.74, 6) is 0.660. The van der Waals surface area contributed by atoms with Crippen molar-refractivity contribution in [3.8, 4) is 0 Å². The van der Waals surface area contributed by atoms with E-state index >= 15 is 0 Å². The largest absolute Gasteiger partial charge is 0.318 e. The minimum absolute atomic E-state index is 0.129. The SMILES string of the molecule is CCC(C)c1ccc(CNC(C)(C)CNC)cc1. The van der Waals surface area contributed by atoms with E-state index in [4.69, 9.17) is 0 Å². The Morgan fingerprint density at radius 1 is 1.17 bits per heavy atom. The fraction of sp³-hybridized carbons (Fsp3) is 0.625. The van der Waals surface area contributed by atoms with Gasteiger partial charge in [0.1, 0.15) is 0 Å². The first-order valence-corrected chi connectivity index (χ1v) is 6.97. The molecule has 1 aromatic carbocycles. The lowest BCUT2D eigenvalue weighted by molar-refractivity contribution is 0.374. The molecule has 0 bridgehead atoms. The maximum absolute atomic E-state index is 3.58. The van der Waals surface area contributed by atoms with Gasteiger partial charge in [-0.15, -0.1) is 0 Å². The van der Waals surface area contributed by atoms with Crippen molar-refractivity contribution >= 4 is 0 Å². The maximum atomic E-state index is 3.58. The van der Waals surface area contributed by atoms with Crippen molar-refractivity contribution in [3.63, 3.8) is 0 Å². The van der Waals surface area contributed by atoms with Gasteiger partial charge in [-0.25, -0.2) is 0 Å². The molecule has 1 atom stereocenters. The van der Waals surface area contributed by atoms with Crippen LogP contribution in [0.15, 0.2) is 24.3 Å². The Hall–Kier alpha value is -0.860. The number of hydrogen-bond acceptors (Lipinski definition) is 2. The van der Waals surface area contributed by atoms with Crippen LogP contribution in [0.3, 0.4) is 0 Å². The Labute approximate surface area is 112 Å². The van der Waals surface area contributed by atoms with Gasteiger partial charge >= 0.3 is 0 Å². The maximum Gasteiger partial charge on any atom is 0.0252 e. The first-order chi connectivity index (χ1) is 8.48. The minimum Gasteiger partial charge on any atom is -0.318 e. The van der Waals surface area contributed by atoms with Crippen molar-refractivity contribution in [3.05, 3.63) is 35.4 Å². The Bertz CT molecular complexity index is 341. The van der Waals surface area contributed by atoms with Crippen LogP contribution in [0.2, 0.25) is 0 Å². The summed E-state index contributed by atoms with van der Waals surface area (Å²) >= 11 is 0. The molecule has 0 heterocycles. The summed E-state index contributed by atoms with van der Waals surface area (Å²) in [5, 5.41) is 6.79. The standard InChI is InChI=1S/C16H28N2/c1-6-13(2)15-9-7-14(8-10-15)11-18-16(3,4)12-17-5/h7-10,13,17-18H,6,11-12H2,1-5H3. The molecule has 2 nitrogen and oxygen atoms in total. The summed E-state index contributed by atoms with van der Waals surface area (Å²) in [6, 6.07) is 9.00. The Morgan fingerprint density at radius 2 is 1.78 bits per heavy atom. The normalized spacial score (nSPS) is 13.6. The first kappa shape index (κ1) is 15.2. The molecular weight excluding hydrogens is 220 g/mol. The van der Waals surface area contributed by atoms with Gasteiger partial charge in [0.25, 0.3) is 0 Å². The molecule has 0 saturated heterocycles. The van der Waals surface area contributed by atoms with E-state index in [1.54, 1.807) is 0 Å². The molecule has 0 aromatic heterocycles. The highest BCUT2D eigenvalue weighted by Crippen LogP contribution is 2.18. The highest BCUT2D eigenvalue weighted by Gasteiger charge is 2.15. The Kier molecular flexibility index (Phi) is 5.83. The van der Waals surface area contributed by atoms with Gasteiger partial charge in [-0.2, -0.15) is 0 Å². The van der Waals surface area contributed by atoms with E-state index in [-0.39, 0.29) is 5.54 Å². The molecule has 0 amide bonds. The fourth-order valence-electron chi connectivity index (χ4n) is 2.05. The van der Waals surface area contributed by atoms with Crippen molar-refractivity contribution in [2.24, 2.45) is 0 Å². The van der Waals surface area contributed by atoms with E-state index in [1.165, 1.54) is 17.5 Å². The van der Waals surface area contributed by atoms with Crippen molar-refractivity contribution < 1.29 is 0 Å². The van der Waals surface area contributed by atoms with E-state index in [0.29, 0.717) is 5.92 Å². The molecule has 102 valence electrons. The van der Waals surface area contributed by atoms with Crippen LogP contribution in [0.4, 0.5) is 0 Å². The highest BCUT2D eigenvalue weighted by atomic mass is 15.0. The molecule has 2 heteroatoms. The minimum atomic E-state index is 0.129. The van der Waals surface area contributed by atoms with E-state index < -0.39 is 0 Å². The van der Waals surface area contributed by atoms with Crippen molar-refractivity contribution in [2.45, 2.75) is 52.1 Å². The van der Waals surface area contributed by atoms with Crippen LogP contribution >= 0.6 is 0 Å². The van der Waals surface area contributed by atoms with E-state index in [1.807, 2.05) is 7.05 Å². The number of nitrogens with one attached hydrogen (secondary N) is 2. The van der Waals surface area contributed by atoms with Gasteiger partial charge in [0.05, 0.1) is 0 Å². The third kappa shape index (κ3) is 4.79. The molecule has 0 fully saturated rings. The van der Waals surface area contributed by atoms with Crippen molar-refractivity contribution in [1.82, 2.24) is 10.6 Å². The molecule has 0 radical (unpaired) electrons. The topological polar surface area (TPSA) is 24.1 Å². The van der Waals surface area contributed by atoms with Gasteiger partial charge < -0.3 is 10.6 Å². The molecule has 18 heavy (non-hydrogen) atoms. The van der Waals surface area contributed by atoms with Gasteiger partial charge in [0.15, 0.2) is 0 Å². The molecule has 0 saturated carbocycles. The van der Waals surface area contributed by atoms with Gasteiger partial charge in [0.2, 0.25) is 0 Å². The number of likely N-dealkylation sites (N-methyl/N-ethyl adjacent to an activating group) is 1. The second kappa shape index (κ2) is 6.91. The van der Waals surface area contributed by atoms with E-state index in [2.05, 4.69) is 62.6 Å². The monoisotopic (exact) mass is 248 g/mol. The van der Waals surface area contributed by atoms with Gasteiger partial charge in [-0.1, -0.05) is 38.1 Å². The Balaban J connectivity index is 2.54. The second-order valence-electron chi connectivity index (χ2n) is 5.82. The van der Waals surface area contributed by atoms with Crippen LogP contribution in [-0.2, 0) is 6.54 Å². The van der Waals surface area contributed by atoms with Gasteiger partial charge in [-0.05, 0) is 44.4 Å². The number of hydrogen-bond donors (Lipinski definition) is 2. The average molecular weight is 248 g/mol.